The molecule has 1 aromatic rings. The number of rotatable bonds is 5. The minimum Gasteiger partial charge on any atom is -0.342 e. The van der Waals surface area contributed by atoms with E-state index in [1.165, 1.54) is 12.8 Å². The molecule has 1 N–H and O–H groups in total. The third-order valence-electron chi connectivity index (χ3n) is 5.60. The van der Waals surface area contributed by atoms with Gasteiger partial charge in [-0.1, -0.05) is 12.8 Å². The Kier molecular flexibility index (Phi) is 11.0. The van der Waals surface area contributed by atoms with Crippen LogP contribution in [0.25, 0.3) is 0 Å². The zero-order chi connectivity index (χ0) is 19.2. The van der Waals surface area contributed by atoms with E-state index >= 15 is 0 Å². The lowest BCUT2D eigenvalue weighted by Gasteiger charge is -2.36. The molecule has 0 aliphatic carbocycles. The number of aryl methyl sites for hydroxylation is 1. The number of nitrogens with one attached hydrogen (secondary N) is 1. The number of halogens is 2. The van der Waals surface area contributed by atoms with Gasteiger partial charge in [0, 0.05) is 58.1 Å². The summed E-state index contributed by atoms with van der Waals surface area (Å²) in [6, 6.07) is -0.371. The van der Waals surface area contributed by atoms with Crippen LogP contribution < -0.4 is 5.32 Å². The molecular formula is C19H34Cl2N6O2. The van der Waals surface area contributed by atoms with Crippen molar-refractivity contribution < 1.29 is 9.59 Å². The smallest absolute Gasteiger partial charge is 0.244 e. The van der Waals surface area contributed by atoms with Crippen LogP contribution in [0.1, 0.15) is 37.3 Å². The molecule has 1 unspecified atom stereocenters. The predicted octanol–water partition coefficient (Wildman–Crippen LogP) is 1.07. The van der Waals surface area contributed by atoms with Crippen LogP contribution in [-0.2, 0) is 16.6 Å². The van der Waals surface area contributed by atoms with Crippen molar-refractivity contribution in [2.45, 2.75) is 31.7 Å². The first kappa shape index (κ1) is 25.7. The summed E-state index contributed by atoms with van der Waals surface area (Å²) >= 11 is 0. The van der Waals surface area contributed by atoms with Gasteiger partial charge in [-0.05, 0) is 19.9 Å². The van der Waals surface area contributed by atoms with E-state index in [0.29, 0.717) is 19.6 Å². The monoisotopic (exact) mass is 448 g/mol. The Morgan fingerprint density at radius 1 is 1.00 bits per heavy atom. The van der Waals surface area contributed by atoms with Gasteiger partial charge in [-0.25, -0.2) is 0 Å². The molecule has 0 bridgehead atoms. The van der Waals surface area contributed by atoms with Gasteiger partial charge in [-0.15, -0.1) is 24.8 Å². The second-order valence-electron chi connectivity index (χ2n) is 7.57. The summed E-state index contributed by atoms with van der Waals surface area (Å²) in [5, 5.41) is 7.27. The Labute approximate surface area is 185 Å². The Morgan fingerprint density at radius 2 is 1.62 bits per heavy atom. The first-order valence-electron chi connectivity index (χ1n) is 10.0. The van der Waals surface area contributed by atoms with Crippen molar-refractivity contribution in [3.05, 3.63) is 18.0 Å². The van der Waals surface area contributed by atoms with Crippen LogP contribution in [0.5, 0.6) is 0 Å². The van der Waals surface area contributed by atoms with Crippen molar-refractivity contribution in [3.8, 4) is 0 Å². The number of aromatic nitrogens is 2. The molecule has 3 rings (SSSR count). The molecular weight excluding hydrogens is 415 g/mol. The molecule has 0 spiro atoms. The number of carbonyl (C=O) groups excluding carboxylic acids is 2. The summed E-state index contributed by atoms with van der Waals surface area (Å²) in [6.07, 6.45) is 8.30. The zero-order valence-electron chi connectivity index (χ0n) is 17.4. The van der Waals surface area contributed by atoms with Gasteiger partial charge < -0.3 is 15.1 Å². The van der Waals surface area contributed by atoms with Crippen molar-refractivity contribution in [2.24, 2.45) is 7.05 Å². The van der Waals surface area contributed by atoms with Crippen LogP contribution >= 0.6 is 24.8 Å². The summed E-state index contributed by atoms with van der Waals surface area (Å²) < 4.78 is 1.71. The maximum atomic E-state index is 12.9. The highest BCUT2D eigenvalue weighted by Crippen LogP contribution is 2.16. The van der Waals surface area contributed by atoms with Crippen molar-refractivity contribution in [1.29, 1.82) is 0 Å². The van der Waals surface area contributed by atoms with Crippen molar-refractivity contribution in [1.82, 2.24) is 29.8 Å². The molecule has 0 aromatic carbocycles. The van der Waals surface area contributed by atoms with Crippen LogP contribution in [0.15, 0.2) is 12.4 Å². The Morgan fingerprint density at radius 3 is 2.14 bits per heavy atom. The van der Waals surface area contributed by atoms with Crippen molar-refractivity contribution >= 4 is 36.6 Å². The molecule has 10 heteroatoms. The van der Waals surface area contributed by atoms with Crippen LogP contribution in [-0.4, -0.2) is 89.2 Å². The number of likely N-dealkylation sites (tertiary alicyclic amines) is 1. The molecule has 8 nitrogen and oxygen atoms in total. The molecule has 2 fully saturated rings. The Bertz CT molecular complexity index is 640. The first-order chi connectivity index (χ1) is 13.1. The summed E-state index contributed by atoms with van der Waals surface area (Å²) in [5.41, 5.74) is 0.878. The maximum absolute atomic E-state index is 12.9. The van der Waals surface area contributed by atoms with Gasteiger partial charge in [-0.3, -0.25) is 19.2 Å². The van der Waals surface area contributed by atoms with Gasteiger partial charge in [0.15, 0.2) is 0 Å². The van der Waals surface area contributed by atoms with E-state index in [9.17, 15) is 9.59 Å². The zero-order valence-corrected chi connectivity index (χ0v) is 19.0. The number of hydrogen-bond donors (Lipinski definition) is 1. The van der Waals surface area contributed by atoms with Crippen molar-refractivity contribution in [3.63, 3.8) is 0 Å². The van der Waals surface area contributed by atoms with Gasteiger partial charge in [0.05, 0.1) is 12.7 Å². The van der Waals surface area contributed by atoms with E-state index in [4.69, 9.17) is 0 Å². The minimum absolute atomic E-state index is 0. The third kappa shape index (κ3) is 6.84. The summed E-state index contributed by atoms with van der Waals surface area (Å²) in [5.74, 6) is 0.309. The number of nitrogens with zero attached hydrogens (tertiary/aromatic N) is 5. The van der Waals surface area contributed by atoms with E-state index in [0.717, 1.165) is 44.6 Å². The van der Waals surface area contributed by atoms with E-state index in [1.54, 1.807) is 17.9 Å². The second-order valence-corrected chi connectivity index (χ2v) is 7.57. The molecule has 3 heterocycles. The largest absolute Gasteiger partial charge is 0.342 e. The molecule has 2 aliphatic rings. The molecule has 0 saturated carbocycles. The van der Waals surface area contributed by atoms with E-state index < -0.39 is 0 Å². The van der Waals surface area contributed by atoms with Crippen LogP contribution in [0.4, 0.5) is 0 Å². The number of piperazine rings is 1. The molecule has 2 aliphatic heterocycles. The van der Waals surface area contributed by atoms with E-state index in [2.05, 4.69) is 15.3 Å². The van der Waals surface area contributed by atoms with Gasteiger partial charge in [0.2, 0.25) is 11.8 Å². The third-order valence-corrected chi connectivity index (χ3v) is 5.60. The fraction of sp³-hybridized carbons (Fsp3) is 0.737. The average molecular weight is 449 g/mol. The van der Waals surface area contributed by atoms with Crippen LogP contribution in [0, 0.1) is 0 Å². The lowest BCUT2D eigenvalue weighted by atomic mass is 10.1. The Hall–Kier alpha value is -1.35. The maximum Gasteiger partial charge on any atom is 0.244 e. The quantitative estimate of drug-likeness (QED) is 0.728. The van der Waals surface area contributed by atoms with Crippen LogP contribution in [0.2, 0.25) is 0 Å². The average Bonchev–Trinajstić information content (AvgIpc) is 2.93. The van der Waals surface area contributed by atoms with E-state index in [1.807, 2.05) is 23.0 Å². The first-order valence-corrected chi connectivity index (χ1v) is 10.0. The van der Waals surface area contributed by atoms with Gasteiger partial charge >= 0.3 is 0 Å². The summed E-state index contributed by atoms with van der Waals surface area (Å²) in [6.45, 7) is 5.07. The van der Waals surface area contributed by atoms with Crippen molar-refractivity contribution in [2.75, 3.05) is 52.9 Å². The molecule has 166 valence electrons. The number of hydrogen-bond acceptors (Lipinski definition) is 5. The Balaban J connectivity index is 0.00000210. The van der Waals surface area contributed by atoms with Gasteiger partial charge in [0.1, 0.15) is 6.04 Å². The van der Waals surface area contributed by atoms with E-state index in [-0.39, 0.29) is 42.7 Å². The molecule has 0 radical (unpaired) electrons. The molecule has 29 heavy (non-hydrogen) atoms. The molecule has 1 aromatic heterocycles. The number of likely N-dealkylation sites (N-methyl/N-ethyl adjacent to an activating group) is 1. The fourth-order valence-electron chi connectivity index (χ4n) is 3.94. The predicted molar refractivity (Wildman–Crippen MR) is 118 cm³/mol. The second kappa shape index (κ2) is 12.4. The highest BCUT2D eigenvalue weighted by Gasteiger charge is 2.29. The molecule has 1 atom stereocenters. The summed E-state index contributed by atoms with van der Waals surface area (Å²) in [4.78, 5) is 31.5. The highest BCUT2D eigenvalue weighted by atomic mass is 35.5. The lowest BCUT2D eigenvalue weighted by molar-refractivity contribution is -0.136. The lowest BCUT2D eigenvalue weighted by Crippen LogP contribution is -2.53. The fourth-order valence-corrected chi connectivity index (χ4v) is 3.94. The summed E-state index contributed by atoms with van der Waals surface area (Å²) in [7, 11) is 3.65. The molecule has 2 amide bonds. The standard InChI is InChI=1S/C19H32N6O2.2ClH/c1-20-18(16-13-21-22(2)14-16)19(27)25-11-9-23(10-12-25)15-17(26)24-7-5-3-4-6-8-24;;/h13-14,18,20H,3-12,15H2,1-2H3;2*1H. The highest BCUT2D eigenvalue weighted by molar-refractivity contribution is 5.85. The topological polar surface area (TPSA) is 73.7 Å². The molecule has 2 saturated heterocycles. The number of carbonyl (C=O) groups is 2. The minimum atomic E-state index is -0.371. The van der Waals surface area contributed by atoms with Gasteiger partial charge in [0.25, 0.3) is 0 Å². The SMILES string of the molecule is CNC(C(=O)N1CCN(CC(=O)N2CCCCCC2)CC1)c1cnn(C)c1.Cl.Cl. The van der Waals surface area contributed by atoms with Crippen LogP contribution in [0.3, 0.4) is 0 Å². The van der Waals surface area contributed by atoms with Gasteiger partial charge in [-0.2, -0.15) is 5.10 Å². The number of amides is 2. The normalized spacial score (nSPS) is 19.0.